The molecule has 0 fully saturated rings. The molecular weight excluding hydrogens is 522 g/mol. The summed E-state index contributed by atoms with van der Waals surface area (Å²) in [5, 5.41) is 5.57. The van der Waals surface area contributed by atoms with Crippen molar-refractivity contribution < 1.29 is 28.7 Å². The summed E-state index contributed by atoms with van der Waals surface area (Å²) in [5.41, 5.74) is 0.756. The molecule has 224 valence electrons. The van der Waals surface area contributed by atoms with Crippen molar-refractivity contribution in [2.24, 2.45) is 0 Å². The number of rotatable bonds is 11. The molecule has 2 aromatic carbocycles. The number of nitrogens with one attached hydrogen (secondary N) is 2. The molecule has 9 heteroatoms. The lowest BCUT2D eigenvalue weighted by Gasteiger charge is -2.43. The normalized spacial score (nSPS) is 13.0. The fraction of sp³-hybridized carbons (Fsp3) is 0.500. The lowest BCUT2D eigenvalue weighted by Crippen LogP contribution is -2.59. The van der Waals surface area contributed by atoms with Crippen LogP contribution in [0, 0.1) is 6.92 Å². The van der Waals surface area contributed by atoms with Crippen LogP contribution in [0.4, 0.5) is 4.79 Å². The number of hydrogen-bond donors (Lipinski definition) is 2. The summed E-state index contributed by atoms with van der Waals surface area (Å²) >= 11 is 0. The van der Waals surface area contributed by atoms with Gasteiger partial charge in [0.25, 0.3) is 0 Å². The number of carbonyl (C=O) groups excluding carboxylic acids is 4. The maximum Gasteiger partial charge on any atom is 0.408 e. The Hall–Kier alpha value is -3.88. The third kappa shape index (κ3) is 10.9. The largest absolute Gasteiger partial charge is 0.466 e. The van der Waals surface area contributed by atoms with Crippen LogP contribution in [-0.4, -0.2) is 59.1 Å². The highest BCUT2D eigenvalue weighted by Crippen LogP contribution is 2.31. The van der Waals surface area contributed by atoms with Crippen molar-refractivity contribution in [1.82, 2.24) is 15.5 Å². The van der Waals surface area contributed by atoms with Gasteiger partial charge in [-0.1, -0.05) is 60.2 Å². The predicted molar refractivity (Wildman–Crippen MR) is 158 cm³/mol. The van der Waals surface area contributed by atoms with Crippen LogP contribution in [0.25, 0.3) is 0 Å². The van der Waals surface area contributed by atoms with E-state index in [1.54, 1.807) is 33.8 Å². The predicted octanol–water partition coefficient (Wildman–Crippen LogP) is 4.87. The van der Waals surface area contributed by atoms with E-state index in [9.17, 15) is 19.2 Å². The van der Waals surface area contributed by atoms with E-state index in [0.717, 1.165) is 11.1 Å². The lowest BCUT2D eigenvalue weighted by molar-refractivity contribution is -0.149. The van der Waals surface area contributed by atoms with E-state index in [-0.39, 0.29) is 26.0 Å². The molecule has 0 spiro atoms. The van der Waals surface area contributed by atoms with E-state index in [4.69, 9.17) is 9.47 Å². The number of benzene rings is 2. The highest BCUT2D eigenvalue weighted by Gasteiger charge is 2.42. The molecule has 0 saturated heterocycles. The fourth-order valence-corrected chi connectivity index (χ4v) is 4.39. The molecule has 0 bridgehead atoms. The number of ether oxygens (including phenoxy) is 2. The monoisotopic (exact) mass is 567 g/mol. The summed E-state index contributed by atoms with van der Waals surface area (Å²) in [5.74, 6) is -1.31. The van der Waals surface area contributed by atoms with Gasteiger partial charge in [0, 0.05) is 18.5 Å². The zero-order valence-electron chi connectivity index (χ0n) is 25.6. The first-order chi connectivity index (χ1) is 19.1. The molecule has 0 saturated carbocycles. The summed E-state index contributed by atoms with van der Waals surface area (Å²) in [6.07, 6.45) is -0.539. The lowest BCUT2D eigenvalue weighted by atomic mass is 9.93. The molecule has 0 aliphatic heterocycles. The number of nitrogens with zero attached hydrogens (tertiary/aromatic N) is 1. The number of aryl methyl sites for hydroxylation is 1. The Morgan fingerprint density at radius 3 is 2.15 bits per heavy atom. The molecule has 2 N–H and O–H groups in total. The van der Waals surface area contributed by atoms with Crippen LogP contribution < -0.4 is 10.6 Å². The molecule has 0 aliphatic carbocycles. The first kappa shape index (κ1) is 33.3. The molecule has 0 aromatic heterocycles. The van der Waals surface area contributed by atoms with Gasteiger partial charge in [0.05, 0.1) is 13.0 Å². The Labute approximate surface area is 244 Å². The Morgan fingerprint density at radius 2 is 1.59 bits per heavy atom. The van der Waals surface area contributed by atoms with Crippen molar-refractivity contribution in [3.8, 4) is 0 Å². The van der Waals surface area contributed by atoms with Crippen LogP contribution in [0.5, 0.6) is 0 Å². The molecule has 0 heterocycles. The SMILES string of the molecule is CCOC(=O)CCNC(=O)C(c1cccc(C)c1)N(C(=O)C(Cc1ccccc1)NC(=O)OC(C)(C)C)C(C)(C)C. The second-order valence-electron chi connectivity index (χ2n) is 11.9. The van der Waals surface area contributed by atoms with Crippen LogP contribution in [0.15, 0.2) is 54.6 Å². The van der Waals surface area contributed by atoms with Crippen molar-refractivity contribution >= 4 is 23.9 Å². The van der Waals surface area contributed by atoms with Crippen molar-refractivity contribution in [1.29, 1.82) is 0 Å². The zero-order chi connectivity index (χ0) is 30.8. The van der Waals surface area contributed by atoms with Crippen LogP contribution in [0.1, 0.15) is 77.6 Å². The number of alkyl carbamates (subject to hydrolysis) is 1. The van der Waals surface area contributed by atoms with E-state index in [1.807, 2.05) is 76.2 Å². The highest BCUT2D eigenvalue weighted by molar-refractivity contribution is 5.93. The zero-order valence-corrected chi connectivity index (χ0v) is 25.6. The summed E-state index contributed by atoms with van der Waals surface area (Å²) in [6, 6.07) is 14.7. The van der Waals surface area contributed by atoms with Gasteiger partial charge in [0.1, 0.15) is 17.7 Å². The van der Waals surface area contributed by atoms with Crippen LogP contribution in [0.2, 0.25) is 0 Å². The maximum atomic E-state index is 14.5. The van der Waals surface area contributed by atoms with Gasteiger partial charge in [-0.3, -0.25) is 14.4 Å². The number of carbonyl (C=O) groups is 4. The summed E-state index contributed by atoms with van der Waals surface area (Å²) < 4.78 is 10.5. The molecule has 2 aromatic rings. The van der Waals surface area contributed by atoms with Crippen molar-refractivity contribution in [3.05, 3.63) is 71.3 Å². The number of amides is 3. The Kier molecular flexibility index (Phi) is 11.9. The Balaban J connectivity index is 2.53. The van der Waals surface area contributed by atoms with Gasteiger partial charge in [-0.25, -0.2) is 4.79 Å². The van der Waals surface area contributed by atoms with E-state index in [0.29, 0.717) is 5.56 Å². The minimum absolute atomic E-state index is 0.000410. The standard InChI is InChI=1S/C32H45N3O6/c1-9-40-26(36)18-19-33-28(37)27(24-17-13-14-22(2)20-24)35(31(3,4)5)29(38)25(21-23-15-11-10-12-16-23)34-30(39)41-32(6,7)8/h10-17,20,25,27H,9,18-19,21H2,1-8H3,(H,33,37)(H,34,39). The van der Waals surface area contributed by atoms with Gasteiger partial charge in [-0.05, 0) is 66.5 Å². The van der Waals surface area contributed by atoms with Gasteiger partial charge in [-0.15, -0.1) is 0 Å². The number of esters is 1. The third-order valence-corrected chi connectivity index (χ3v) is 6.03. The van der Waals surface area contributed by atoms with Crippen LogP contribution in [-0.2, 0) is 30.3 Å². The summed E-state index contributed by atoms with van der Waals surface area (Å²) in [6.45, 7) is 14.7. The topological polar surface area (TPSA) is 114 Å². The molecule has 0 aliphatic rings. The van der Waals surface area contributed by atoms with Gasteiger partial charge in [0.15, 0.2) is 0 Å². The minimum atomic E-state index is -1.04. The van der Waals surface area contributed by atoms with Gasteiger partial charge in [-0.2, -0.15) is 0 Å². The Bertz CT molecular complexity index is 1180. The summed E-state index contributed by atoms with van der Waals surface area (Å²) in [7, 11) is 0. The molecule has 2 atom stereocenters. The number of hydrogen-bond acceptors (Lipinski definition) is 6. The van der Waals surface area contributed by atoms with Crippen molar-refractivity contribution in [2.45, 2.75) is 91.5 Å². The van der Waals surface area contributed by atoms with Gasteiger partial charge >= 0.3 is 12.1 Å². The second kappa shape index (κ2) is 14.7. The van der Waals surface area contributed by atoms with Gasteiger partial charge in [0.2, 0.25) is 11.8 Å². The quantitative estimate of drug-likeness (QED) is 0.375. The van der Waals surface area contributed by atoms with E-state index in [1.165, 1.54) is 4.90 Å². The first-order valence-electron chi connectivity index (χ1n) is 14.0. The molecule has 9 nitrogen and oxygen atoms in total. The second-order valence-corrected chi connectivity index (χ2v) is 11.9. The average molecular weight is 568 g/mol. The third-order valence-electron chi connectivity index (χ3n) is 6.03. The fourth-order valence-electron chi connectivity index (χ4n) is 4.39. The minimum Gasteiger partial charge on any atom is -0.466 e. The smallest absolute Gasteiger partial charge is 0.408 e. The molecule has 41 heavy (non-hydrogen) atoms. The molecule has 2 rings (SSSR count). The summed E-state index contributed by atoms with van der Waals surface area (Å²) in [4.78, 5) is 54.6. The first-order valence-corrected chi connectivity index (χ1v) is 14.0. The highest BCUT2D eigenvalue weighted by atomic mass is 16.6. The molecule has 0 radical (unpaired) electrons. The molecular formula is C32H45N3O6. The van der Waals surface area contributed by atoms with E-state index < -0.39 is 47.1 Å². The molecule has 2 unspecified atom stereocenters. The van der Waals surface area contributed by atoms with E-state index in [2.05, 4.69) is 10.6 Å². The Morgan fingerprint density at radius 1 is 0.927 bits per heavy atom. The maximum absolute atomic E-state index is 14.5. The molecule has 3 amide bonds. The average Bonchev–Trinajstić information content (AvgIpc) is 2.85. The van der Waals surface area contributed by atoms with Crippen LogP contribution in [0.3, 0.4) is 0 Å². The van der Waals surface area contributed by atoms with Crippen molar-refractivity contribution in [2.75, 3.05) is 13.2 Å². The van der Waals surface area contributed by atoms with E-state index >= 15 is 0 Å². The van der Waals surface area contributed by atoms with Gasteiger partial charge < -0.3 is 25.0 Å². The van der Waals surface area contributed by atoms with Crippen molar-refractivity contribution in [3.63, 3.8) is 0 Å². The van der Waals surface area contributed by atoms with Crippen LogP contribution >= 0.6 is 0 Å².